The Morgan fingerprint density at radius 2 is 1.32 bits per heavy atom. The summed E-state index contributed by atoms with van der Waals surface area (Å²) in [5.74, 6) is 0.535. The lowest BCUT2D eigenvalue weighted by atomic mass is 10.0. The smallest absolute Gasteiger partial charge is 0.264 e. The van der Waals surface area contributed by atoms with E-state index >= 15 is 0 Å². The Labute approximate surface area is 192 Å². The van der Waals surface area contributed by atoms with Gasteiger partial charge in [0.25, 0.3) is 5.91 Å². The quantitative estimate of drug-likeness (QED) is 0.468. The zero-order valence-corrected chi connectivity index (χ0v) is 19.3. The molecule has 0 aliphatic carbocycles. The highest BCUT2D eigenvalue weighted by Gasteiger charge is 2.07. The van der Waals surface area contributed by atoms with Gasteiger partial charge in [-0.15, -0.1) is 0 Å². The normalized spacial score (nSPS) is 10.2. The van der Waals surface area contributed by atoms with Crippen LogP contribution in [-0.4, -0.2) is 28.6 Å². The molecule has 7 nitrogen and oxygen atoms in total. The maximum atomic E-state index is 12.1. The van der Waals surface area contributed by atoms with Gasteiger partial charge in [-0.25, -0.2) is 0 Å². The zero-order chi connectivity index (χ0) is 22.8. The molecule has 0 heterocycles. The molecule has 2 amide bonds. The van der Waals surface area contributed by atoms with Gasteiger partial charge in [-0.3, -0.25) is 14.9 Å². The standard InChI is InChI=1S/C22H26N4O3S2/c1-4-19(27)25-21(30)23-16-7-9-17(10-8-16)24-22(31)26-20(28)13-29-18-11-5-15(6-12-18)14(2)3/h5-12,14H,4,13H2,1-3H3,(H2,23,25,27,30)(H2,24,26,28,31). The monoisotopic (exact) mass is 458 g/mol. The minimum absolute atomic E-state index is 0.146. The summed E-state index contributed by atoms with van der Waals surface area (Å²) in [6.45, 7) is 5.83. The second kappa shape index (κ2) is 12.0. The van der Waals surface area contributed by atoms with Crippen molar-refractivity contribution in [2.24, 2.45) is 0 Å². The highest BCUT2D eigenvalue weighted by molar-refractivity contribution is 7.80. The van der Waals surface area contributed by atoms with Gasteiger partial charge in [-0.1, -0.05) is 32.9 Å². The molecule has 9 heteroatoms. The van der Waals surface area contributed by atoms with Gasteiger partial charge in [-0.05, 0) is 72.3 Å². The van der Waals surface area contributed by atoms with E-state index in [1.807, 2.05) is 24.3 Å². The Balaban J connectivity index is 1.76. The second-order valence-corrected chi connectivity index (χ2v) is 7.76. The van der Waals surface area contributed by atoms with Crippen LogP contribution in [0.1, 0.15) is 38.7 Å². The molecule has 0 aliphatic heterocycles. The summed E-state index contributed by atoms with van der Waals surface area (Å²) in [5, 5.41) is 11.4. The van der Waals surface area contributed by atoms with E-state index in [0.717, 1.165) is 0 Å². The predicted octanol–water partition coefficient (Wildman–Crippen LogP) is 3.93. The largest absolute Gasteiger partial charge is 0.484 e. The summed E-state index contributed by atoms with van der Waals surface area (Å²) in [4.78, 5) is 23.4. The van der Waals surface area contributed by atoms with Crippen molar-refractivity contribution >= 4 is 57.8 Å². The Hall–Kier alpha value is -3.04. The van der Waals surface area contributed by atoms with Gasteiger partial charge in [0.1, 0.15) is 5.75 Å². The summed E-state index contributed by atoms with van der Waals surface area (Å²) < 4.78 is 5.49. The molecule has 0 aliphatic rings. The molecule has 0 aromatic heterocycles. The van der Waals surface area contributed by atoms with Gasteiger partial charge in [-0.2, -0.15) is 0 Å². The SMILES string of the molecule is CCC(=O)NC(=S)Nc1ccc(NC(=S)NC(=O)COc2ccc(C(C)C)cc2)cc1. The van der Waals surface area contributed by atoms with E-state index in [1.165, 1.54) is 5.56 Å². The van der Waals surface area contributed by atoms with Crippen molar-refractivity contribution in [3.8, 4) is 5.75 Å². The summed E-state index contributed by atoms with van der Waals surface area (Å²) >= 11 is 10.2. The average molecular weight is 459 g/mol. The fourth-order valence-corrected chi connectivity index (χ4v) is 2.90. The minimum atomic E-state index is -0.360. The highest BCUT2D eigenvalue weighted by Crippen LogP contribution is 2.18. The molecule has 4 N–H and O–H groups in total. The third-order valence-electron chi connectivity index (χ3n) is 4.14. The summed E-state index contributed by atoms with van der Waals surface area (Å²) in [5.41, 5.74) is 2.60. The molecule has 31 heavy (non-hydrogen) atoms. The molecule has 0 unspecified atom stereocenters. The molecule has 2 aromatic carbocycles. The van der Waals surface area contributed by atoms with Crippen molar-refractivity contribution in [1.82, 2.24) is 10.6 Å². The number of benzene rings is 2. The van der Waals surface area contributed by atoms with Crippen LogP contribution in [0.3, 0.4) is 0 Å². The maximum Gasteiger partial charge on any atom is 0.264 e. The van der Waals surface area contributed by atoms with Crippen molar-refractivity contribution in [3.63, 3.8) is 0 Å². The number of amides is 2. The number of carbonyl (C=O) groups excluding carboxylic acids is 2. The molecular formula is C22H26N4O3S2. The molecule has 164 valence electrons. The van der Waals surface area contributed by atoms with Gasteiger partial charge in [0.05, 0.1) is 0 Å². The second-order valence-electron chi connectivity index (χ2n) is 6.95. The van der Waals surface area contributed by atoms with Gasteiger partial charge >= 0.3 is 0 Å². The number of hydrogen-bond donors (Lipinski definition) is 4. The molecule has 0 saturated heterocycles. The number of thiocarbonyl (C=S) groups is 2. The van der Waals surface area contributed by atoms with Crippen molar-refractivity contribution in [2.75, 3.05) is 17.2 Å². The van der Waals surface area contributed by atoms with E-state index in [0.29, 0.717) is 29.5 Å². The van der Waals surface area contributed by atoms with Crippen LogP contribution < -0.4 is 26.0 Å². The molecule has 0 radical (unpaired) electrons. The number of hydrogen-bond acceptors (Lipinski definition) is 5. The number of ether oxygens (including phenoxy) is 1. The maximum absolute atomic E-state index is 12.1. The Morgan fingerprint density at radius 3 is 1.77 bits per heavy atom. The number of carbonyl (C=O) groups is 2. The Kier molecular flexibility index (Phi) is 9.36. The lowest BCUT2D eigenvalue weighted by Gasteiger charge is -2.12. The van der Waals surface area contributed by atoms with Crippen molar-refractivity contribution in [3.05, 3.63) is 54.1 Å². The van der Waals surface area contributed by atoms with Crippen LogP contribution in [0.2, 0.25) is 0 Å². The van der Waals surface area contributed by atoms with Crippen LogP contribution in [0.15, 0.2) is 48.5 Å². The van der Waals surface area contributed by atoms with Gasteiger partial charge < -0.3 is 20.7 Å². The van der Waals surface area contributed by atoms with Gasteiger partial charge in [0.15, 0.2) is 16.8 Å². The molecule has 0 fully saturated rings. The van der Waals surface area contributed by atoms with E-state index in [-0.39, 0.29) is 28.6 Å². The number of nitrogens with one attached hydrogen (secondary N) is 4. The number of rotatable bonds is 7. The summed E-state index contributed by atoms with van der Waals surface area (Å²) in [6.07, 6.45) is 0.350. The molecule has 0 bridgehead atoms. The Morgan fingerprint density at radius 1 is 0.839 bits per heavy atom. The van der Waals surface area contributed by atoms with Crippen LogP contribution in [0.25, 0.3) is 0 Å². The molecule has 2 rings (SSSR count). The van der Waals surface area contributed by atoms with E-state index in [9.17, 15) is 9.59 Å². The van der Waals surface area contributed by atoms with E-state index in [1.54, 1.807) is 31.2 Å². The molecule has 2 aromatic rings. The highest BCUT2D eigenvalue weighted by atomic mass is 32.1. The molecule has 0 atom stereocenters. The summed E-state index contributed by atoms with van der Waals surface area (Å²) in [6, 6.07) is 14.7. The van der Waals surface area contributed by atoms with E-state index < -0.39 is 0 Å². The Bertz CT molecular complexity index is 929. The third-order valence-corrected chi connectivity index (χ3v) is 4.55. The first-order chi connectivity index (χ1) is 14.8. The topological polar surface area (TPSA) is 91.5 Å². The van der Waals surface area contributed by atoms with E-state index in [4.69, 9.17) is 29.2 Å². The van der Waals surface area contributed by atoms with Crippen molar-refractivity contribution < 1.29 is 14.3 Å². The van der Waals surface area contributed by atoms with Gasteiger partial charge in [0.2, 0.25) is 5.91 Å². The predicted molar refractivity (Wildman–Crippen MR) is 131 cm³/mol. The molecular weight excluding hydrogens is 432 g/mol. The fraction of sp³-hybridized carbons (Fsp3) is 0.273. The molecule has 0 spiro atoms. The first kappa shape index (κ1) is 24.2. The van der Waals surface area contributed by atoms with E-state index in [2.05, 4.69) is 35.1 Å². The first-order valence-electron chi connectivity index (χ1n) is 9.81. The lowest BCUT2D eigenvalue weighted by molar-refractivity contribution is -0.121. The fourth-order valence-electron chi connectivity index (χ4n) is 2.44. The lowest BCUT2D eigenvalue weighted by Crippen LogP contribution is -2.37. The molecule has 0 saturated carbocycles. The summed E-state index contributed by atoms with van der Waals surface area (Å²) in [7, 11) is 0. The van der Waals surface area contributed by atoms with Crippen LogP contribution in [0, 0.1) is 0 Å². The van der Waals surface area contributed by atoms with Crippen LogP contribution >= 0.6 is 24.4 Å². The van der Waals surface area contributed by atoms with Gasteiger partial charge in [0, 0.05) is 17.8 Å². The zero-order valence-electron chi connectivity index (χ0n) is 17.7. The van der Waals surface area contributed by atoms with Crippen LogP contribution in [0.4, 0.5) is 11.4 Å². The van der Waals surface area contributed by atoms with Crippen molar-refractivity contribution in [2.45, 2.75) is 33.1 Å². The minimum Gasteiger partial charge on any atom is -0.484 e. The van der Waals surface area contributed by atoms with Crippen molar-refractivity contribution in [1.29, 1.82) is 0 Å². The number of anilines is 2. The average Bonchev–Trinajstić information content (AvgIpc) is 2.73. The van der Waals surface area contributed by atoms with Crippen LogP contribution in [-0.2, 0) is 9.59 Å². The third kappa shape index (κ3) is 8.69. The first-order valence-corrected chi connectivity index (χ1v) is 10.6. The van der Waals surface area contributed by atoms with Crippen LogP contribution in [0.5, 0.6) is 5.75 Å².